The van der Waals surface area contributed by atoms with E-state index in [9.17, 15) is 9.90 Å². The van der Waals surface area contributed by atoms with Crippen molar-refractivity contribution in [2.45, 2.75) is 226 Å². The van der Waals surface area contributed by atoms with Crippen molar-refractivity contribution in [3.05, 3.63) is 107 Å². The second-order valence-corrected chi connectivity index (χ2v) is 20.9. The third-order valence-corrected chi connectivity index (χ3v) is 14.2. The number of fused-ring (bicyclic) bond motifs is 2. The summed E-state index contributed by atoms with van der Waals surface area (Å²) < 4.78 is 18.9. The normalized spacial score (nSPS) is 31.5. The lowest BCUT2D eigenvalue weighted by atomic mass is 9.63. The number of esters is 1. The van der Waals surface area contributed by atoms with Gasteiger partial charge in [-0.05, 0) is 73.0 Å². The molecule has 5 nitrogen and oxygen atoms in total. The molecule has 0 aromatic carbocycles. The number of aliphatic hydroxyl groups is 1. The Morgan fingerprint density at radius 2 is 0.934 bits per heavy atom. The molecule has 1 N–H and O–H groups in total. The molecule has 2 saturated heterocycles. The van der Waals surface area contributed by atoms with Crippen LogP contribution < -0.4 is 0 Å². The maximum atomic E-state index is 12.8. The van der Waals surface area contributed by atoms with Crippen LogP contribution in [0.15, 0.2) is 107 Å². The summed E-state index contributed by atoms with van der Waals surface area (Å²) >= 11 is 0. The topological polar surface area (TPSA) is 71.6 Å². The Labute approximate surface area is 373 Å². The summed E-state index contributed by atoms with van der Waals surface area (Å²) in [6.45, 7) is 23.9. The largest absolute Gasteiger partial charge is 0.462 e. The van der Waals surface area contributed by atoms with E-state index in [1.54, 1.807) is 0 Å². The second kappa shape index (κ2) is 22.6. The Bertz CT molecular complexity index is 1730. The van der Waals surface area contributed by atoms with Crippen molar-refractivity contribution in [1.82, 2.24) is 0 Å². The fourth-order valence-corrected chi connectivity index (χ4v) is 10.6. The summed E-state index contributed by atoms with van der Waals surface area (Å²) in [5.41, 5.74) is 3.16. The van der Waals surface area contributed by atoms with Gasteiger partial charge in [0.15, 0.2) is 0 Å². The van der Waals surface area contributed by atoms with E-state index in [0.717, 1.165) is 37.7 Å². The zero-order chi connectivity index (χ0) is 44.8. The zero-order valence-corrected chi connectivity index (χ0v) is 40.5. The number of aliphatic hydroxyl groups excluding tert-OH is 1. The highest BCUT2D eigenvalue weighted by molar-refractivity contribution is 5.69. The quantitative estimate of drug-likeness (QED) is 0.0429. The summed E-state index contributed by atoms with van der Waals surface area (Å²) in [6, 6.07) is 0. The maximum Gasteiger partial charge on any atom is 0.306 e. The minimum Gasteiger partial charge on any atom is -0.462 e. The summed E-state index contributed by atoms with van der Waals surface area (Å²) in [5.74, 6) is -0.0483. The highest BCUT2D eigenvalue weighted by Crippen LogP contribution is 2.67. The molecular weight excluding hydrogens is 753 g/mol. The molecule has 4 fully saturated rings. The van der Waals surface area contributed by atoms with E-state index in [-0.39, 0.29) is 51.4 Å². The summed E-state index contributed by atoms with van der Waals surface area (Å²) in [5, 5.41) is 10.3. The lowest BCUT2D eigenvalue weighted by molar-refractivity contribution is -0.152. The molecule has 2 aliphatic heterocycles. The SMILES string of the molecule is CCCCCCCCCCCCCCCC(=O)O[C@H]1CC(C)(C)[C@]2(/C=C/C(C)=C/C=C/C(C)=C/C=C/C=C(C)/C=C/C=C(C)/C=C/[C@@]34O[C@]3(C)C[C@@H](O)CC4(C)C)O[C@]2(C)C1. The van der Waals surface area contributed by atoms with Gasteiger partial charge in [0.25, 0.3) is 0 Å². The molecule has 2 saturated carbocycles. The van der Waals surface area contributed by atoms with Gasteiger partial charge < -0.3 is 19.3 Å². The number of rotatable bonds is 25. The monoisotopic (exact) mass is 839 g/mol. The van der Waals surface area contributed by atoms with E-state index in [1.165, 1.54) is 87.3 Å². The number of carbonyl (C=O) groups is 1. The van der Waals surface area contributed by atoms with Gasteiger partial charge in [0.1, 0.15) is 28.5 Å². The van der Waals surface area contributed by atoms with Crippen LogP contribution in [0, 0.1) is 10.8 Å². The first-order chi connectivity index (χ1) is 28.8. The van der Waals surface area contributed by atoms with Crippen LogP contribution in [0.2, 0.25) is 0 Å². The Hall–Kier alpha value is -2.99. The van der Waals surface area contributed by atoms with Gasteiger partial charge in [0.05, 0.1) is 6.10 Å². The van der Waals surface area contributed by atoms with Crippen LogP contribution in [0.25, 0.3) is 0 Å². The van der Waals surface area contributed by atoms with Crippen LogP contribution in [-0.4, -0.2) is 45.7 Å². The lowest BCUT2D eigenvalue weighted by Gasteiger charge is -2.40. The highest BCUT2D eigenvalue weighted by Gasteiger charge is 2.76. The first-order valence-electron chi connectivity index (χ1n) is 24.2. The third kappa shape index (κ3) is 14.0. The van der Waals surface area contributed by atoms with E-state index in [0.29, 0.717) is 12.8 Å². The van der Waals surface area contributed by atoms with Crippen molar-refractivity contribution in [2.24, 2.45) is 10.8 Å². The standard InChI is InChI=1S/C56H86O5/c1-12-13-14-15-16-17-18-19-20-21-22-23-24-35-50(58)59-49-42-52(8,9)56(54(11,43-49)61-56)39-37-47(5)34-28-32-45(3)30-26-25-29-44(2)31-27-33-46(4)36-38-55-51(6,7)40-48(57)41-53(55,10)60-55/h25-34,36-39,48-49,57H,12-24,35,40-43H2,1-11H3/b26-25+,31-27+,32-28+,38-36+,39-37+,44-29+,45-30+,46-33+,47-34+/t48-,49-,53+,54+,55-,56-/m0/s1. The van der Waals surface area contributed by atoms with Crippen LogP contribution in [0.5, 0.6) is 0 Å². The van der Waals surface area contributed by atoms with Crippen molar-refractivity contribution in [1.29, 1.82) is 0 Å². The fraction of sp³-hybridized carbons (Fsp3) is 0.661. The fourth-order valence-electron chi connectivity index (χ4n) is 10.6. The van der Waals surface area contributed by atoms with E-state index in [1.807, 2.05) is 0 Å². The number of hydrogen-bond donors (Lipinski definition) is 1. The summed E-state index contributed by atoms with van der Waals surface area (Å²) in [4.78, 5) is 12.8. The molecule has 340 valence electrons. The molecule has 5 heteroatoms. The van der Waals surface area contributed by atoms with Gasteiger partial charge in [-0.25, -0.2) is 0 Å². The van der Waals surface area contributed by atoms with Crippen molar-refractivity contribution in [3.63, 3.8) is 0 Å². The van der Waals surface area contributed by atoms with Crippen molar-refractivity contribution >= 4 is 5.97 Å². The molecule has 0 unspecified atom stereocenters. The van der Waals surface area contributed by atoms with E-state index >= 15 is 0 Å². The molecule has 2 heterocycles. The van der Waals surface area contributed by atoms with Crippen LogP contribution in [0.1, 0.15) is 192 Å². The van der Waals surface area contributed by atoms with Crippen molar-refractivity contribution in [2.75, 3.05) is 0 Å². The Balaban J connectivity index is 1.14. The average Bonchev–Trinajstić information content (AvgIpc) is 4.02. The maximum absolute atomic E-state index is 12.8. The van der Waals surface area contributed by atoms with Gasteiger partial charge in [0.2, 0.25) is 0 Å². The predicted molar refractivity (Wildman–Crippen MR) is 257 cm³/mol. The first kappa shape index (κ1) is 50.7. The minimum absolute atomic E-state index is 0.0483. The van der Waals surface area contributed by atoms with Crippen LogP contribution in [0.4, 0.5) is 0 Å². The number of epoxide rings is 2. The van der Waals surface area contributed by atoms with Gasteiger partial charge in [-0.2, -0.15) is 0 Å². The van der Waals surface area contributed by atoms with Gasteiger partial charge >= 0.3 is 5.97 Å². The van der Waals surface area contributed by atoms with Crippen LogP contribution >= 0.6 is 0 Å². The highest BCUT2D eigenvalue weighted by atomic mass is 16.6. The molecule has 0 aromatic heterocycles. The molecule has 0 amide bonds. The van der Waals surface area contributed by atoms with Gasteiger partial charge in [-0.15, -0.1) is 0 Å². The van der Waals surface area contributed by atoms with E-state index in [2.05, 4.69) is 161 Å². The lowest BCUT2D eigenvalue weighted by Crippen LogP contribution is -2.47. The Morgan fingerprint density at radius 1 is 0.541 bits per heavy atom. The van der Waals surface area contributed by atoms with Crippen molar-refractivity contribution in [3.8, 4) is 0 Å². The second-order valence-electron chi connectivity index (χ2n) is 20.9. The average molecular weight is 839 g/mol. The number of unbranched alkanes of at least 4 members (excludes halogenated alkanes) is 12. The van der Waals surface area contributed by atoms with Crippen LogP contribution in [-0.2, 0) is 19.0 Å². The number of hydrogen-bond acceptors (Lipinski definition) is 5. The minimum atomic E-state index is -0.351. The van der Waals surface area contributed by atoms with Gasteiger partial charge in [0, 0.05) is 30.1 Å². The smallest absolute Gasteiger partial charge is 0.306 e. The van der Waals surface area contributed by atoms with Gasteiger partial charge in [-0.3, -0.25) is 4.79 Å². The molecule has 2 aliphatic carbocycles. The van der Waals surface area contributed by atoms with Gasteiger partial charge in [-0.1, -0.05) is 207 Å². The molecular formula is C56H86O5. The third-order valence-electron chi connectivity index (χ3n) is 14.2. The van der Waals surface area contributed by atoms with Crippen LogP contribution in [0.3, 0.4) is 0 Å². The predicted octanol–water partition coefficient (Wildman–Crippen LogP) is 15.0. The number of ether oxygens (including phenoxy) is 3. The Morgan fingerprint density at radius 3 is 1.38 bits per heavy atom. The molecule has 4 aliphatic rings. The molecule has 6 atom stereocenters. The summed E-state index contributed by atoms with van der Waals surface area (Å²) in [7, 11) is 0. The molecule has 0 aromatic rings. The summed E-state index contributed by atoms with van der Waals surface area (Å²) in [6.07, 6.45) is 49.9. The molecule has 0 spiro atoms. The number of allylic oxidation sites excluding steroid dienone is 16. The zero-order valence-electron chi connectivity index (χ0n) is 40.5. The first-order valence-corrected chi connectivity index (χ1v) is 24.2. The molecule has 4 rings (SSSR count). The van der Waals surface area contributed by atoms with E-state index in [4.69, 9.17) is 14.2 Å². The van der Waals surface area contributed by atoms with E-state index < -0.39 is 0 Å². The molecule has 61 heavy (non-hydrogen) atoms. The van der Waals surface area contributed by atoms with Crippen molar-refractivity contribution < 1.29 is 24.1 Å². The molecule has 0 radical (unpaired) electrons. The number of carbonyl (C=O) groups excluding carboxylic acids is 1. The Kier molecular flexibility index (Phi) is 18.7. The molecule has 0 bridgehead atoms.